The summed E-state index contributed by atoms with van der Waals surface area (Å²) in [5, 5.41) is 15.8. The predicted molar refractivity (Wildman–Crippen MR) is 87.7 cm³/mol. The Balaban J connectivity index is 1.78. The van der Waals surface area contributed by atoms with Crippen molar-refractivity contribution in [2.75, 3.05) is 5.32 Å². The standard InChI is InChI=1S/C17H16N2OS/c1-12(13-5-7-16(20)8-6-13)19-15-4-2-3-14(11-15)17-18-9-10-21-17/h2-12,19-20H,1H3. The molecule has 4 heteroatoms. The van der Waals surface area contributed by atoms with Crippen molar-refractivity contribution >= 4 is 17.0 Å². The number of hydrogen-bond donors (Lipinski definition) is 2. The fourth-order valence-electron chi connectivity index (χ4n) is 2.20. The Morgan fingerprint density at radius 2 is 1.95 bits per heavy atom. The number of thiazole rings is 1. The Morgan fingerprint density at radius 1 is 1.14 bits per heavy atom. The molecule has 0 radical (unpaired) electrons. The summed E-state index contributed by atoms with van der Waals surface area (Å²) in [6.07, 6.45) is 1.82. The Hall–Kier alpha value is -2.33. The number of hydrogen-bond acceptors (Lipinski definition) is 4. The van der Waals surface area contributed by atoms with Gasteiger partial charge in [0.05, 0.1) is 0 Å². The van der Waals surface area contributed by atoms with Crippen molar-refractivity contribution in [3.63, 3.8) is 0 Å². The lowest BCUT2D eigenvalue weighted by Crippen LogP contribution is -2.06. The van der Waals surface area contributed by atoms with Crippen LogP contribution >= 0.6 is 11.3 Å². The van der Waals surface area contributed by atoms with Crippen molar-refractivity contribution in [2.24, 2.45) is 0 Å². The van der Waals surface area contributed by atoms with E-state index in [9.17, 15) is 5.11 Å². The maximum atomic E-state index is 9.34. The van der Waals surface area contributed by atoms with Crippen LogP contribution in [0.5, 0.6) is 5.75 Å². The van der Waals surface area contributed by atoms with E-state index in [1.54, 1.807) is 23.5 Å². The predicted octanol–water partition coefficient (Wildman–Crippen LogP) is 4.69. The number of nitrogens with one attached hydrogen (secondary N) is 1. The van der Waals surface area contributed by atoms with Crippen LogP contribution < -0.4 is 5.32 Å². The zero-order valence-corrected chi connectivity index (χ0v) is 12.5. The van der Waals surface area contributed by atoms with Gasteiger partial charge in [-0.15, -0.1) is 11.3 Å². The first-order chi connectivity index (χ1) is 10.2. The van der Waals surface area contributed by atoms with Crippen LogP contribution in [0.15, 0.2) is 60.1 Å². The average Bonchev–Trinajstić information content (AvgIpc) is 3.02. The van der Waals surface area contributed by atoms with Crippen LogP contribution in [0.3, 0.4) is 0 Å². The molecule has 1 unspecified atom stereocenters. The maximum Gasteiger partial charge on any atom is 0.123 e. The Bertz CT molecular complexity index is 708. The van der Waals surface area contributed by atoms with Gasteiger partial charge in [-0.05, 0) is 36.8 Å². The van der Waals surface area contributed by atoms with Gasteiger partial charge in [-0.2, -0.15) is 0 Å². The highest BCUT2D eigenvalue weighted by Crippen LogP contribution is 2.27. The van der Waals surface area contributed by atoms with Gasteiger partial charge in [-0.3, -0.25) is 0 Å². The third-order valence-corrected chi connectivity index (χ3v) is 4.14. The van der Waals surface area contributed by atoms with E-state index >= 15 is 0 Å². The van der Waals surface area contributed by atoms with E-state index in [2.05, 4.69) is 29.4 Å². The zero-order valence-electron chi connectivity index (χ0n) is 11.7. The SMILES string of the molecule is CC(Nc1cccc(-c2nccs2)c1)c1ccc(O)cc1. The monoisotopic (exact) mass is 296 g/mol. The second-order valence-corrected chi connectivity index (χ2v) is 5.77. The summed E-state index contributed by atoms with van der Waals surface area (Å²) in [7, 11) is 0. The van der Waals surface area contributed by atoms with E-state index in [0.717, 1.165) is 21.8 Å². The molecule has 1 aromatic heterocycles. The zero-order chi connectivity index (χ0) is 14.7. The van der Waals surface area contributed by atoms with Crippen LogP contribution in [0.25, 0.3) is 10.6 Å². The van der Waals surface area contributed by atoms with Crippen LogP contribution in [0.1, 0.15) is 18.5 Å². The summed E-state index contributed by atoms with van der Waals surface area (Å²) < 4.78 is 0. The number of phenols is 1. The molecule has 3 rings (SSSR count). The molecule has 0 fully saturated rings. The number of rotatable bonds is 4. The average molecular weight is 296 g/mol. The number of aromatic hydroxyl groups is 1. The van der Waals surface area contributed by atoms with Gasteiger partial charge >= 0.3 is 0 Å². The lowest BCUT2D eigenvalue weighted by atomic mass is 10.1. The molecule has 1 heterocycles. The molecule has 0 saturated carbocycles. The number of nitrogens with zero attached hydrogens (tertiary/aromatic N) is 1. The van der Waals surface area contributed by atoms with Crippen molar-refractivity contribution in [3.05, 3.63) is 65.7 Å². The van der Waals surface area contributed by atoms with Gasteiger partial charge in [0.15, 0.2) is 0 Å². The molecule has 0 bridgehead atoms. The molecule has 21 heavy (non-hydrogen) atoms. The van der Waals surface area contributed by atoms with Crippen LogP contribution in [0.2, 0.25) is 0 Å². The van der Waals surface area contributed by atoms with Crippen LogP contribution in [-0.2, 0) is 0 Å². The Morgan fingerprint density at radius 3 is 2.67 bits per heavy atom. The Labute approximate surface area is 127 Å². The van der Waals surface area contributed by atoms with Gasteiger partial charge in [0.1, 0.15) is 10.8 Å². The molecule has 3 aromatic rings. The number of phenolic OH excluding ortho intramolecular Hbond substituents is 1. The highest BCUT2D eigenvalue weighted by atomic mass is 32.1. The maximum absolute atomic E-state index is 9.34. The van der Waals surface area contributed by atoms with E-state index in [1.807, 2.05) is 35.8 Å². The first-order valence-electron chi connectivity index (χ1n) is 6.78. The van der Waals surface area contributed by atoms with Gasteiger partial charge in [0.2, 0.25) is 0 Å². The quantitative estimate of drug-likeness (QED) is 0.734. The topological polar surface area (TPSA) is 45.2 Å². The minimum Gasteiger partial charge on any atom is -0.508 e. The normalized spacial score (nSPS) is 12.0. The van der Waals surface area contributed by atoms with Crippen molar-refractivity contribution in [1.29, 1.82) is 0 Å². The second-order valence-electron chi connectivity index (χ2n) is 4.88. The summed E-state index contributed by atoms with van der Waals surface area (Å²) in [5.41, 5.74) is 3.31. The summed E-state index contributed by atoms with van der Waals surface area (Å²) in [6, 6.07) is 15.7. The molecular formula is C17H16N2OS. The van der Waals surface area contributed by atoms with Gasteiger partial charge in [-0.1, -0.05) is 24.3 Å². The molecule has 1 atom stereocenters. The molecule has 106 valence electrons. The van der Waals surface area contributed by atoms with Crippen molar-refractivity contribution in [3.8, 4) is 16.3 Å². The third kappa shape index (κ3) is 3.23. The van der Waals surface area contributed by atoms with Gasteiger partial charge in [-0.25, -0.2) is 4.98 Å². The molecule has 0 aliphatic carbocycles. The van der Waals surface area contributed by atoms with E-state index in [-0.39, 0.29) is 11.8 Å². The molecule has 2 aromatic carbocycles. The number of benzene rings is 2. The van der Waals surface area contributed by atoms with Crippen molar-refractivity contribution < 1.29 is 5.11 Å². The lowest BCUT2D eigenvalue weighted by Gasteiger charge is -2.16. The first kappa shape index (κ1) is 13.6. The highest BCUT2D eigenvalue weighted by molar-refractivity contribution is 7.13. The highest BCUT2D eigenvalue weighted by Gasteiger charge is 2.07. The second kappa shape index (κ2) is 5.97. The third-order valence-electron chi connectivity index (χ3n) is 3.32. The fraction of sp³-hybridized carbons (Fsp3) is 0.118. The molecule has 0 spiro atoms. The van der Waals surface area contributed by atoms with E-state index < -0.39 is 0 Å². The van der Waals surface area contributed by atoms with E-state index in [4.69, 9.17) is 0 Å². The molecule has 0 saturated heterocycles. The van der Waals surface area contributed by atoms with Gasteiger partial charge in [0.25, 0.3) is 0 Å². The van der Waals surface area contributed by atoms with E-state index in [1.165, 1.54) is 0 Å². The molecule has 3 nitrogen and oxygen atoms in total. The number of anilines is 1. The molecule has 0 aliphatic rings. The van der Waals surface area contributed by atoms with Gasteiger partial charge in [0, 0.05) is 28.9 Å². The minimum absolute atomic E-state index is 0.164. The first-order valence-corrected chi connectivity index (χ1v) is 7.66. The summed E-state index contributed by atoms with van der Waals surface area (Å²) in [5.74, 6) is 0.289. The van der Waals surface area contributed by atoms with Crippen LogP contribution in [-0.4, -0.2) is 10.1 Å². The summed E-state index contributed by atoms with van der Waals surface area (Å²) in [4.78, 5) is 4.34. The Kier molecular flexibility index (Phi) is 3.88. The molecule has 0 aliphatic heterocycles. The summed E-state index contributed by atoms with van der Waals surface area (Å²) >= 11 is 1.63. The van der Waals surface area contributed by atoms with Crippen molar-refractivity contribution in [2.45, 2.75) is 13.0 Å². The molecule has 2 N–H and O–H groups in total. The van der Waals surface area contributed by atoms with Crippen LogP contribution in [0, 0.1) is 0 Å². The smallest absolute Gasteiger partial charge is 0.123 e. The lowest BCUT2D eigenvalue weighted by molar-refractivity contribution is 0.475. The van der Waals surface area contributed by atoms with Crippen molar-refractivity contribution in [1.82, 2.24) is 4.98 Å². The summed E-state index contributed by atoms with van der Waals surface area (Å²) in [6.45, 7) is 2.10. The molecular weight excluding hydrogens is 280 g/mol. The fourth-order valence-corrected chi connectivity index (χ4v) is 2.84. The largest absolute Gasteiger partial charge is 0.508 e. The van der Waals surface area contributed by atoms with Crippen LogP contribution in [0.4, 0.5) is 5.69 Å². The number of aromatic nitrogens is 1. The molecule has 0 amide bonds. The minimum atomic E-state index is 0.164. The van der Waals surface area contributed by atoms with E-state index in [0.29, 0.717) is 0 Å². The van der Waals surface area contributed by atoms with Gasteiger partial charge < -0.3 is 10.4 Å².